The van der Waals surface area contributed by atoms with E-state index in [2.05, 4.69) is 36.6 Å². The van der Waals surface area contributed by atoms with Gasteiger partial charge in [-0.25, -0.2) is 8.42 Å². The maximum atomic E-state index is 11.6. The monoisotopic (exact) mass is 479 g/mol. The number of hydrogen-bond acceptors (Lipinski definition) is 3. The normalized spacial score (nSPS) is 20.0. The van der Waals surface area contributed by atoms with Crippen molar-refractivity contribution in [2.45, 2.75) is 32.6 Å². The molecule has 0 aromatic heterocycles. The molecule has 1 atom stereocenters. The molecular formula is C18H30IN3O2S. The number of nitrogens with one attached hydrogen (secondary N) is 2. The van der Waals surface area contributed by atoms with E-state index in [1.165, 1.54) is 5.56 Å². The molecular weight excluding hydrogens is 449 g/mol. The summed E-state index contributed by atoms with van der Waals surface area (Å²) in [5, 5.41) is 6.54. The summed E-state index contributed by atoms with van der Waals surface area (Å²) in [5.74, 6) is 1.54. The van der Waals surface area contributed by atoms with Crippen LogP contribution < -0.4 is 10.6 Å². The SMILES string of the molecule is CCNC(=NCC(C)(C)c1ccccc1)NCC1CCS(=O)(=O)C1.I. The third-order valence-electron chi connectivity index (χ3n) is 4.42. The van der Waals surface area contributed by atoms with E-state index in [4.69, 9.17) is 4.99 Å². The Morgan fingerprint density at radius 1 is 1.24 bits per heavy atom. The van der Waals surface area contributed by atoms with E-state index in [-0.39, 0.29) is 41.1 Å². The van der Waals surface area contributed by atoms with Gasteiger partial charge >= 0.3 is 0 Å². The third kappa shape index (κ3) is 7.13. The quantitative estimate of drug-likeness (QED) is 0.374. The molecule has 0 aliphatic carbocycles. The first kappa shape index (κ1) is 22.2. The maximum absolute atomic E-state index is 11.6. The van der Waals surface area contributed by atoms with Crippen LogP contribution in [0.5, 0.6) is 0 Å². The molecule has 1 heterocycles. The summed E-state index contributed by atoms with van der Waals surface area (Å²) in [4.78, 5) is 4.70. The largest absolute Gasteiger partial charge is 0.357 e. The maximum Gasteiger partial charge on any atom is 0.191 e. The van der Waals surface area contributed by atoms with Gasteiger partial charge in [-0.05, 0) is 24.8 Å². The number of halogens is 1. The molecule has 0 radical (unpaired) electrons. The average Bonchev–Trinajstić information content (AvgIpc) is 2.90. The van der Waals surface area contributed by atoms with Crippen molar-refractivity contribution in [1.82, 2.24) is 10.6 Å². The molecule has 142 valence electrons. The van der Waals surface area contributed by atoms with Crippen LogP contribution in [0.25, 0.3) is 0 Å². The molecule has 7 heteroatoms. The molecule has 2 N–H and O–H groups in total. The lowest BCUT2D eigenvalue weighted by molar-refractivity contribution is 0.532. The summed E-state index contributed by atoms with van der Waals surface area (Å²) < 4.78 is 23.1. The predicted molar refractivity (Wildman–Crippen MR) is 116 cm³/mol. The van der Waals surface area contributed by atoms with Crippen LogP contribution in [-0.4, -0.2) is 45.5 Å². The molecule has 0 spiro atoms. The Kier molecular flexibility index (Phi) is 8.67. The standard InChI is InChI=1S/C18H29N3O2S.HI/c1-4-19-17(20-12-15-10-11-24(22,23)13-15)21-14-18(2,3)16-8-6-5-7-9-16;/h5-9,15H,4,10-14H2,1-3H3,(H2,19,20,21);1H. The summed E-state index contributed by atoms with van der Waals surface area (Å²) in [6.07, 6.45) is 0.740. The molecule has 5 nitrogen and oxygen atoms in total. The van der Waals surface area contributed by atoms with Gasteiger partial charge in [0.2, 0.25) is 0 Å². The van der Waals surface area contributed by atoms with Crippen molar-refractivity contribution in [3.63, 3.8) is 0 Å². The molecule has 0 saturated carbocycles. The molecule has 0 amide bonds. The lowest BCUT2D eigenvalue weighted by Gasteiger charge is -2.24. The molecule has 1 aliphatic rings. The molecule has 1 aliphatic heterocycles. The van der Waals surface area contributed by atoms with E-state index in [0.717, 1.165) is 18.9 Å². The van der Waals surface area contributed by atoms with Crippen LogP contribution >= 0.6 is 24.0 Å². The number of aliphatic imine (C=N–C) groups is 1. The summed E-state index contributed by atoms with van der Waals surface area (Å²) in [6, 6.07) is 10.4. The van der Waals surface area contributed by atoms with Crippen LogP contribution in [0.4, 0.5) is 0 Å². The topological polar surface area (TPSA) is 70.6 Å². The van der Waals surface area contributed by atoms with Crippen LogP contribution in [0.1, 0.15) is 32.8 Å². The minimum atomic E-state index is -2.83. The number of nitrogens with zero attached hydrogens (tertiary/aromatic N) is 1. The minimum absolute atomic E-state index is 0. The zero-order chi connectivity index (χ0) is 17.6. The number of hydrogen-bond donors (Lipinski definition) is 2. The summed E-state index contributed by atoms with van der Waals surface area (Å²) >= 11 is 0. The van der Waals surface area contributed by atoms with Gasteiger partial charge in [-0.1, -0.05) is 44.2 Å². The van der Waals surface area contributed by atoms with Crippen molar-refractivity contribution in [3.8, 4) is 0 Å². The van der Waals surface area contributed by atoms with Crippen LogP contribution in [0, 0.1) is 5.92 Å². The van der Waals surface area contributed by atoms with Crippen LogP contribution in [0.3, 0.4) is 0 Å². The molecule has 1 aromatic carbocycles. The molecule has 1 aromatic rings. The molecule has 1 fully saturated rings. The minimum Gasteiger partial charge on any atom is -0.357 e. The summed E-state index contributed by atoms with van der Waals surface area (Å²) in [5.41, 5.74) is 1.20. The molecule has 0 bridgehead atoms. The first-order valence-electron chi connectivity index (χ1n) is 8.60. The Morgan fingerprint density at radius 2 is 1.92 bits per heavy atom. The van der Waals surface area contributed by atoms with Gasteiger partial charge in [0.05, 0.1) is 18.1 Å². The second-order valence-corrected chi connectivity index (χ2v) is 9.32. The van der Waals surface area contributed by atoms with Crippen molar-refractivity contribution in [3.05, 3.63) is 35.9 Å². The van der Waals surface area contributed by atoms with Crippen molar-refractivity contribution in [2.75, 3.05) is 31.1 Å². The lowest BCUT2D eigenvalue weighted by atomic mass is 9.85. The van der Waals surface area contributed by atoms with E-state index < -0.39 is 9.84 Å². The first-order valence-corrected chi connectivity index (χ1v) is 10.4. The Balaban J connectivity index is 0.00000312. The zero-order valence-electron chi connectivity index (χ0n) is 15.3. The van der Waals surface area contributed by atoms with E-state index in [1.807, 2.05) is 25.1 Å². The van der Waals surface area contributed by atoms with Crippen molar-refractivity contribution >= 4 is 39.8 Å². The predicted octanol–water partition coefficient (Wildman–Crippen LogP) is 2.57. The Hall–Kier alpha value is -0.830. The van der Waals surface area contributed by atoms with Gasteiger partial charge in [-0.2, -0.15) is 0 Å². The van der Waals surface area contributed by atoms with Crippen molar-refractivity contribution < 1.29 is 8.42 Å². The molecule has 1 unspecified atom stereocenters. The fourth-order valence-corrected chi connectivity index (χ4v) is 4.73. The van der Waals surface area contributed by atoms with E-state index in [1.54, 1.807) is 0 Å². The lowest BCUT2D eigenvalue weighted by Crippen LogP contribution is -2.41. The second-order valence-electron chi connectivity index (χ2n) is 7.10. The number of sulfone groups is 1. The highest BCUT2D eigenvalue weighted by molar-refractivity contribution is 14.0. The van der Waals surface area contributed by atoms with E-state index in [0.29, 0.717) is 18.8 Å². The fraction of sp³-hybridized carbons (Fsp3) is 0.611. The van der Waals surface area contributed by atoms with Crippen LogP contribution in [0.2, 0.25) is 0 Å². The van der Waals surface area contributed by atoms with Gasteiger partial charge in [0.25, 0.3) is 0 Å². The van der Waals surface area contributed by atoms with Crippen LogP contribution in [-0.2, 0) is 15.3 Å². The Bertz CT molecular complexity index is 660. The average molecular weight is 479 g/mol. The van der Waals surface area contributed by atoms with Gasteiger partial charge in [0, 0.05) is 18.5 Å². The van der Waals surface area contributed by atoms with Gasteiger partial charge in [-0.3, -0.25) is 4.99 Å². The number of guanidine groups is 1. The van der Waals surface area contributed by atoms with Crippen molar-refractivity contribution in [2.24, 2.45) is 10.9 Å². The van der Waals surface area contributed by atoms with E-state index in [9.17, 15) is 8.42 Å². The number of benzene rings is 1. The smallest absolute Gasteiger partial charge is 0.191 e. The zero-order valence-corrected chi connectivity index (χ0v) is 18.4. The summed E-state index contributed by atoms with van der Waals surface area (Å²) in [7, 11) is -2.83. The Labute approximate surface area is 169 Å². The molecule has 1 saturated heterocycles. The third-order valence-corrected chi connectivity index (χ3v) is 6.25. The summed E-state index contributed by atoms with van der Waals surface area (Å²) in [6.45, 7) is 8.48. The van der Waals surface area contributed by atoms with Gasteiger partial charge in [0.15, 0.2) is 15.8 Å². The second kappa shape index (κ2) is 9.75. The highest BCUT2D eigenvalue weighted by atomic mass is 127. The first-order chi connectivity index (χ1) is 11.3. The fourth-order valence-electron chi connectivity index (χ4n) is 2.87. The van der Waals surface area contributed by atoms with Gasteiger partial charge < -0.3 is 10.6 Å². The highest BCUT2D eigenvalue weighted by Crippen LogP contribution is 2.23. The van der Waals surface area contributed by atoms with Gasteiger partial charge in [0.1, 0.15) is 0 Å². The van der Waals surface area contributed by atoms with Crippen LogP contribution in [0.15, 0.2) is 35.3 Å². The van der Waals surface area contributed by atoms with Crippen molar-refractivity contribution in [1.29, 1.82) is 0 Å². The molecule has 25 heavy (non-hydrogen) atoms. The Morgan fingerprint density at radius 3 is 2.48 bits per heavy atom. The number of rotatable bonds is 6. The van der Waals surface area contributed by atoms with Gasteiger partial charge in [-0.15, -0.1) is 24.0 Å². The molecule has 2 rings (SSSR count). The highest BCUT2D eigenvalue weighted by Gasteiger charge is 2.27. The van der Waals surface area contributed by atoms with E-state index >= 15 is 0 Å².